The number of nitrogens with one attached hydrogen (secondary N) is 2. The molecule has 0 saturated heterocycles. The first-order valence-corrected chi connectivity index (χ1v) is 7.22. The van der Waals surface area contributed by atoms with Gasteiger partial charge < -0.3 is 5.32 Å². The summed E-state index contributed by atoms with van der Waals surface area (Å²) in [4.78, 5) is 4.15. The van der Waals surface area contributed by atoms with Crippen LogP contribution in [0.3, 0.4) is 0 Å². The molecule has 1 aromatic heterocycles. The summed E-state index contributed by atoms with van der Waals surface area (Å²) in [6, 6.07) is 3.76. The molecule has 1 heterocycles. The molecule has 0 aliphatic rings. The highest BCUT2D eigenvalue weighted by Gasteiger charge is 2.12. The van der Waals surface area contributed by atoms with Gasteiger partial charge in [0.25, 0.3) is 0 Å². The maximum atomic E-state index is 11.6. The molecule has 7 heteroatoms. The fourth-order valence-corrected chi connectivity index (χ4v) is 1.74. The van der Waals surface area contributed by atoms with E-state index in [0.29, 0.717) is 11.7 Å². The molecule has 0 spiro atoms. The van der Waals surface area contributed by atoms with Crippen LogP contribution in [-0.4, -0.2) is 37.8 Å². The second-order valence-corrected chi connectivity index (χ2v) is 6.16. The molecule has 0 fully saturated rings. The van der Waals surface area contributed by atoms with Gasteiger partial charge in [-0.15, -0.1) is 0 Å². The largest absolute Gasteiger partial charge is 0.368 e. The number of anilines is 2. The second kappa shape index (κ2) is 6.01. The first-order valence-electron chi connectivity index (χ1n) is 5.78. The van der Waals surface area contributed by atoms with Gasteiger partial charge in [0.05, 0.1) is 11.9 Å². The van der Waals surface area contributed by atoms with Crippen LogP contribution in [0.2, 0.25) is 0 Å². The summed E-state index contributed by atoms with van der Waals surface area (Å²) in [5, 5.41) is 3.21. The van der Waals surface area contributed by atoms with Crippen LogP contribution >= 0.6 is 0 Å². The molecule has 1 aromatic rings. The molecule has 2 N–H and O–H groups in total. The van der Waals surface area contributed by atoms with E-state index in [1.165, 1.54) is 20.3 Å². The Labute approximate surface area is 109 Å². The van der Waals surface area contributed by atoms with Crippen molar-refractivity contribution in [3.63, 3.8) is 0 Å². The second-order valence-electron chi connectivity index (χ2n) is 4.28. The average Bonchev–Trinajstić information content (AvgIpc) is 2.31. The maximum Gasteiger partial charge on any atom is 0.301 e. The van der Waals surface area contributed by atoms with E-state index in [9.17, 15) is 8.42 Å². The molecule has 102 valence electrons. The van der Waals surface area contributed by atoms with E-state index in [1.54, 1.807) is 12.1 Å². The van der Waals surface area contributed by atoms with Gasteiger partial charge in [-0.3, -0.25) is 4.72 Å². The topological polar surface area (TPSA) is 74.3 Å². The highest BCUT2D eigenvalue weighted by atomic mass is 32.2. The fraction of sp³-hybridized carbons (Fsp3) is 0.545. The average molecular weight is 272 g/mol. The molecule has 1 unspecified atom stereocenters. The van der Waals surface area contributed by atoms with E-state index in [1.807, 2.05) is 0 Å². The lowest BCUT2D eigenvalue weighted by Gasteiger charge is -2.14. The van der Waals surface area contributed by atoms with Gasteiger partial charge >= 0.3 is 10.2 Å². The van der Waals surface area contributed by atoms with Gasteiger partial charge in [0, 0.05) is 20.1 Å². The standard InChI is InChI=1S/C11H20N4O2S/c1-5-9(2)13-11-7-6-10(8-12-11)14-18(16,17)15(3)4/h6-9,14H,5H2,1-4H3,(H,12,13). The van der Waals surface area contributed by atoms with Crippen molar-refractivity contribution in [2.45, 2.75) is 26.3 Å². The number of aromatic nitrogens is 1. The molecular weight excluding hydrogens is 252 g/mol. The van der Waals surface area contributed by atoms with Crippen LogP contribution in [0, 0.1) is 0 Å². The van der Waals surface area contributed by atoms with Crippen molar-refractivity contribution < 1.29 is 8.42 Å². The third-order valence-electron chi connectivity index (χ3n) is 2.50. The number of hydrogen-bond donors (Lipinski definition) is 2. The Hall–Kier alpha value is -1.34. The summed E-state index contributed by atoms with van der Waals surface area (Å²) in [5.74, 6) is 0.733. The van der Waals surface area contributed by atoms with Crippen molar-refractivity contribution in [3.8, 4) is 0 Å². The molecule has 0 saturated carbocycles. The summed E-state index contributed by atoms with van der Waals surface area (Å²) in [6.07, 6.45) is 2.49. The van der Waals surface area contributed by atoms with Gasteiger partial charge in [-0.2, -0.15) is 12.7 Å². The van der Waals surface area contributed by atoms with E-state index in [-0.39, 0.29) is 0 Å². The van der Waals surface area contributed by atoms with Crippen molar-refractivity contribution >= 4 is 21.7 Å². The SMILES string of the molecule is CCC(C)Nc1ccc(NS(=O)(=O)N(C)C)cn1. The van der Waals surface area contributed by atoms with Crippen LogP contribution in [0.25, 0.3) is 0 Å². The molecule has 6 nitrogen and oxygen atoms in total. The van der Waals surface area contributed by atoms with Crippen LogP contribution in [0.4, 0.5) is 11.5 Å². The summed E-state index contributed by atoms with van der Waals surface area (Å²) >= 11 is 0. The van der Waals surface area contributed by atoms with Gasteiger partial charge in [-0.05, 0) is 25.5 Å². The van der Waals surface area contributed by atoms with Gasteiger partial charge in [-0.25, -0.2) is 4.98 Å². The fourth-order valence-electron chi connectivity index (χ4n) is 1.13. The van der Waals surface area contributed by atoms with E-state index < -0.39 is 10.2 Å². The Morgan fingerprint density at radius 1 is 1.39 bits per heavy atom. The molecule has 18 heavy (non-hydrogen) atoms. The first kappa shape index (κ1) is 14.7. The number of pyridine rings is 1. The van der Waals surface area contributed by atoms with E-state index in [2.05, 4.69) is 28.9 Å². The van der Waals surface area contributed by atoms with Crippen molar-refractivity contribution in [3.05, 3.63) is 18.3 Å². The van der Waals surface area contributed by atoms with E-state index >= 15 is 0 Å². The minimum Gasteiger partial charge on any atom is -0.368 e. The Balaban J connectivity index is 2.72. The van der Waals surface area contributed by atoms with Crippen LogP contribution in [0.1, 0.15) is 20.3 Å². The van der Waals surface area contributed by atoms with Gasteiger partial charge in [0.15, 0.2) is 0 Å². The predicted molar refractivity (Wildman–Crippen MR) is 73.8 cm³/mol. The zero-order chi connectivity index (χ0) is 13.8. The smallest absolute Gasteiger partial charge is 0.301 e. The van der Waals surface area contributed by atoms with Crippen LogP contribution in [-0.2, 0) is 10.2 Å². The van der Waals surface area contributed by atoms with Crippen molar-refractivity contribution in [2.75, 3.05) is 24.1 Å². The third kappa shape index (κ3) is 4.15. The molecule has 0 amide bonds. The number of hydrogen-bond acceptors (Lipinski definition) is 4. The minimum atomic E-state index is -3.47. The zero-order valence-electron chi connectivity index (χ0n) is 11.1. The number of nitrogens with zero attached hydrogens (tertiary/aromatic N) is 2. The van der Waals surface area contributed by atoms with Crippen molar-refractivity contribution in [1.82, 2.24) is 9.29 Å². The van der Waals surface area contributed by atoms with Crippen LogP contribution < -0.4 is 10.0 Å². The normalized spacial score (nSPS) is 13.4. The van der Waals surface area contributed by atoms with E-state index in [4.69, 9.17) is 0 Å². The molecule has 0 radical (unpaired) electrons. The Morgan fingerprint density at radius 3 is 2.50 bits per heavy atom. The van der Waals surface area contributed by atoms with Crippen LogP contribution in [0.15, 0.2) is 18.3 Å². The molecule has 0 aromatic carbocycles. The summed E-state index contributed by atoms with van der Waals surface area (Å²) < 4.78 is 26.7. The zero-order valence-corrected chi connectivity index (χ0v) is 12.0. The maximum absolute atomic E-state index is 11.6. The summed E-state index contributed by atoms with van der Waals surface area (Å²) in [7, 11) is -0.535. The van der Waals surface area contributed by atoms with E-state index in [0.717, 1.165) is 16.5 Å². The monoisotopic (exact) mass is 272 g/mol. The highest BCUT2D eigenvalue weighted by Crippen LogP contribution is 2.13. The Bertz CT molecular complexity index is 470. The lowest BCUT2D eigenvalue weighted by Crippen LogP contribution is -2.29. The third-order valence-corrected chi connectivity index (χ3v) is 3.95. The van der Waals surface area contributed by atoms with Gasteiger partial charge in [0.1, 0.15) is 5.82 Å². The van der Waals surface area contributed by atoms with Crippen molar-refractivity contribution in [2.24, 2.45) is 0 Å². The Kier molecular flexibility index (Phi) is 4.92. The number of rotatable bonds is 6. The molecule has 1 rings (SSSR count). The minimum absolute atomic E-state index is 0.335. The highest BCUT2D eigenvalue weighted by molar-refractivity contribution is 7.90. The lowest BCUT2D eigenvalue weighted by atomic mass is 10.2. The quantitative estimate of drug-likeness (QED) is 0.823. The summed E-state index contributed by atoms with van der Waals surface area (Å²) in [5.41, 5.74) is 0.443. The lowest BCUT2D eigenvalue weighted by molar-refractivity contribution is 0.527. The molecule has 0 aliphatic carbocycles. The Morgan fingerprint density at radius 2 is 2.06 bits per heavy atom. The van der Waals surface area contributed by atoms with Crippen LogP contribution in [0.5, 0.6) is 0 Å². The first-order chi connectivity index (χ1) is 8.35. The van der Waals surface area contributed by atoms with Gasteiger partial charge in [-0.1, -0.05) is 6.92 Å². The molecular formula is C11H20N4O2S. The summed E-state index contributed by atoms with van der Waals surface area (Å²) in [6.45, 7) is 4.14. The van der Waals surface area contributed by atoms with Crippen molar-refractivity contribution in [1.29, 1.82) is 0 Å². The molecule has 0 aliphatic heterocycles. The van der Waals surface area contributed by atoms with Gasteiger partial charge in [0.2, 0.25) is 0 Å². The molecule has 0 bridgehead atoms. The predicted octanol–water partition coefficient (Wildman–Crippen LogP) is 1.51. The molecule has 1 atom stereocenters.